The number of anilines is 1. The Labute approximate surface area is 123 Å². The first-order valence-corrected chi connectivity index (χ1v) is 7.24. The van der Waals surface area contributed by atoms with Gasteiger partial charge in [-0.15, -0.1) is 0 Å². The first-order valence-electron chi connectivity index (χ1n) is 6.86. The maximum absolute atomic E-state index is 6.21. The van der Waals surface area contributed by atoms with E-state index in [1.54, 1.807) is 6.20 Å². The highest BCUT2D eigenvalue weighted by Crippen LogP contribution is 2.39. The lowest BCUT2D eigenvalue weighted by Gasteiger charge is -2.16. The molecule has 4 nitrogen and oxygen atoms in total. The molecule has 1 N–H and O–H groups in total. The van der Waals surface area contributed by atoms with Gasteiger partial charge < -0.3 is 5.32 Å². The summed E-state index contributed by atoms with van der Waals surface area (Å²) >= 11 is 6.21. The van der Waals surface area contributed by atoms with Gasteiger partial charge in [-0.05, 0) is 38.8 Å². The fourth-order valence-electron chi connectivity index (χ4n) is 2.08. The van der Waals surface area contributed by atoms with Gasteiger partial charge in [0.1, 0.15) is 16.8 Å². The van der Waals surface area contributed by atoms with Crippen LogP contribution in [0.5, 0.6) is 0 Å². The zero-order valence-corrected chi connectivity index (χ0v) is 12.4. The van der Waals surface area contributed by atoms with Crippen LogP contribution in [0.1, 0.15) is 48.8 Å². The van der Waals surface area contributed by atoms with Gasteiger partial charge in [-0.25, -0.2) is 9.97 Å². The molecule has 0 aliphatic heterocycles. The largest absolute Gasteiger partial charge is 0.362 e. The molecule has 0 radical (unpaired) electrons. The van der Waals surface area contributed by atoms with Crippen LogP contribution < -0.4 is 5.32 Å². The number of nitrogens with zero attached hydrogens (tertiary/aromatic N) is 3. The zero-order chi connectivity index (χ0) is 14.1. The normalized spacial score (nSPS) is 15.9. The molecule has 1 unspecified atom stereocenters. The molecular weight excluding hydrogens is 272 g/mol. The maximum Gasteiger partial charge on any atom is 0.137 e. The number of hydrogen-bond donors (Lipinski definition) is 1. The monoisotopic (exact) mass is 288 g/mol. The molecule has 1 atom stereocenters. The third-order valence-electron chi connectivity index (χ3n) is 3.53. The third-order valence-corrected chi connectivity index (χ3v) is 3.90. The predicted octanol–water partition coefficient (Wildman–Crippen LogP) is 3.88. The molecule has 104 valence electrons. The highest BCUT2D eigenvalue weighted by atomic mass is 35.5. The predicted molar refractivity (Wildman–Crippen MR) is 80.0 cm³/mol. The average Bonchev–Trinajstić information content (AvgIpc) is 3.29. The van der Waals surface area contributed by atoms with Crippen molar-refractivity contribution in [3.63, 3.8) is 0 Å². The minimum absolute atomic E-state index is 0.0768. The Morgan fingerprint density at radius 2 is 2.10 bits per heavy atom. The quantitative estimate of drug-likeness (QED) is 0.867. The number of aromatic nitrogens is 3. The Kier molecular flexibility index (Phi) is 3.57. The van der Waals surface area contributed by atoms with Crippen molar-refractivity contribution < 1.29 is 0 Å². The third kappa shape index (κ3) is 2.75. The summed E-state index contributed by atoms with van der Waals surface area (Å²) in [5.74, 6) is 2.15. The fourth-order valence-corrected chi connectivity index (χ4v) is 2.26. The fraction of sp³-hybridized carbons (Fsp3) is 0.400. The molecule has 2 aromatic heterocycles. The van der Waals surface area contributed by atoms with Crippen LogP contribution >= 0.6 is 11.6 Å². The minimum atomic E-state index is 0.0768. The topological polar surface area (TPSA) is 50.7 Å². The van der Waals surface area contributed by atoms with Gasteiger partial charge in [0.25, 0.3) is 0 Å². The van der Waals surface area contributed by atoms with E-state index in [2.05, 4.69) is 27.2 Å². The minimum Gasteiger partial charge on any atom is -0.362 e. The highest BCUT2D eigenvalue weighted by Gasteiger charge is 2.28. The summed E-state index contributed by atoms with van der Waals surface area (Å²) < 4.78 is 0. The summed E-state index contributed by atoms with van der Waals surface area (Å²) in [4.78, 5) is 13.4. The second-order valence-electron chi connectivity index (χ2n) is 5.24. The molecule has 3 rings (SSSR count). The average molecular weight is 289 g/mol. The van der Waals surface area contributed by atoms with Crippen molar-refractivity contribution in [1.82, 2.24) is 15.0 Å². The number of nitrogens with one attached hydrogen (secondary N) is 1. The molecule has 0 bridgehead atoms. The van der Waals surface area contributed by atoms with E-state index in [4.69, 9.17) is 11.6 Å². The van der Waals surface area contributed by atoms with E-state index < -0.39 is 0 Å². The molecule has 20 heavy (non-hydrogen) atoms. The maximum atomic E-state index is 6.21. The van der Waals surface area contributed by atoms with Crippen molar-refractivity contribution in [3.8, 4) is 0 Å². The van der Waals surface area contributed by atoms with Crippen LogP contribution in [-0.4, -0.2) is 15.0 Å². The summed E-state index contributed by atoms with van der Waals surface area (Å²) in [6.45, 7) is 4.00. The van der Waals surface area contributed by atoms with E-state index in [-0.39, 0.29) is 6.04 Å². The molecule has 0 aromatic carbocycles. The molecule has 2 aromatic rings. The van der Waals surface area contributed by atoms with Gasteiger partial charge in [0.2, 0.25) is 0 Å². The molecule has 1 saturated carbocycles. The Bertz CT molecular complexity index is 611. The van der Waals surface area contributed by atoms with E-state index in [9.17, 15) is 0 Å². The van der Waals surface area contributed by atoms with Crippen molar-refractivity contribution in [2.24, 2.45) is 0 Å². The van der Waals surface area contributed by atoms with E-state index in [1.165, 1.54) is 0 Å². The van der Waals surface area contributed by atoms with E-state index in [1.807, 2.05) is 25.1 Å². The summed E-state index contributed by atoms with van der Waals surface area (Å²) in [5, 5.41) is 3.93. The molecular formula is C15H17ClN4. The van der Waals surface area contributed by atoms with Gasteiger partial charge >= 0.3 is 0 Å². The van der Waals surface area contributed by atoms with Crippen LogP contribution in [-0.2, 0) is 0 Å². The zero-order valence-electron chi connectivity index (χ0n) is 11.6. The lowest BCUT2D eigenvalue weighted by Crippen LogP contribution is -2.12. The smallest absolute Gasteiger partial charge is 0.137 e. The molecule has 0 amide bonds. The van der Waals surface area contributed by atoms with Gasteiger partial charge in [0.05, 0.1) is 11.7 Å². The second-order valence-corrected chi connectivity index (χ2v) is 5.60. The van der Waals surface area contributed by atoms with Gasteiger partial charge in [0, 0.05) is 17.7 Å². The lowest BCUT2D eigenvalue weighted by atomic mass is 10.2. The Hall–Kier alpha value is -1.68. The SMILES string of the molecule is Cc1c(Cl)nc(C2CC2)nc1NC(C)c1ccccn1. The molecule has 0 spiro atoms. The summed E-state index contributed by atoms with van der Waals surface area (Å²) in [7, 11) is 0. The first-order chi connectivity index (χ1) is 9.65. The van der Waals surface area contributed by atoms with Gasteiger partial charge in [0.15, 0.2) is 0 Å². The highest BCUT2D eigenvalue weighted by molar-refractivity contribution is 6.30. The number of halogens is 1. The second kappa shape index (κ2) is 5.37. The van der Waals surface area contributed by atoms with Crippen molar-refractivity contribution in [2.45, 2.75) is 38.6 Å². The van der Waals surface area contributed by atoms with Crippen molar-refractivity contribution >= 4 is 17.4 Å². The van der Waals surface area contributed by atoms with Crippen LogP contribution in [0.3, 0.4) is 0 Å². The van der Waals surface area contributed by atoms with E-state index >= 15 is 0 Å². The van der Waals surface area contributed by atoms with Gasteiger partial charge in [-0.3, -0.25) is 4.98 Å². The van der Waals surface area contributed by atoms with E-state index in [0.29, 0.717) is 11.1 Å². The molecule has 5 heteroatoms. The van der Waals surface area contributed by atoms with Gasteiger partial charge in [-0.2, -0.15) is 0 Å². The van der Waals surface area contributed by atoms with Crippen LogP contribution in [0.2, 0.25) is 5.15 Å². The summed E-state index contributed by atoms with van der Waals surface area (Å²) in [6.07, 6.45) is 4.12. The number of hydrogen-bond acceptors (Lipinski definition) is 4. The lowest BCUT2D eigenvalue weighted by molar-refractivity contribution is 0.817. The van der Waals surface area contributed by atoms with Crippen molar-refractivity contribution in [3.05, 3.63) is 46.6 Å². The molecule has 1 aliphatic rings. The van der Waals surface area contributed by atoms with E-state index in [0.717, 1.165) is 35.7 Å². The van der Waals surface area contributed by atoms with Crippen LogP contribution in [0.4, 0.5) is 5.82 Å². The Morgan fingerprint density at radius 3 is 2.75 bits per heavy atom. The van der Waals surface area contributed by atoms with Crippen LogP contribution in [0.25, 0.3) is 0 Å². The van der Waals surface area contributed by atoms with Crippen LogP contribution in [0.15, 0.2) is 24.4 Å². The van der Waals surface area contributed by atoms with Crippen LogP contribution in [0, 0.1) is 6.92 Å². The number of rotatable bonds is 4. The standard InChI is InChI=1S/C15H17ClN4/c1-9-13(16)19-15(11-6-7-11)20-14(9)18-10(2)12-5-3-4-8-17-12/h3-5,8,10-11H,6-7H2,1-2H3,(H,18,19,20). The van der Waals surface area contributed by atoms with Gasteiger partial charge in [-0.1, -0.05) is 17.7 Å². The van der Waals surface area contributed by atoms with Crippen molar-refractivity contribution in [1.29, 1.82) is 0 Å². The summed E-state index contributed by atoms with van der Waals surface area (Å²) in [6, 6.07) is 5.97. The first kappa shape index (κ1) is 13.3. The Morgan fingerprint density at radius 1 is 1.30 bits per heavy atom. The molecule has 1 aliphatic carbocycles. The van der Waals surface area contributed by atoms with Crippen molar-refractivity contribution in [2.75, 3.05) is 5.32 Å². The molecule has 2 heterocycles. The summed E-state index contributed by atoms with van der Waals surface area (Å²) in [5.41, 5.74) is 1.87. The molecule has 1 fully saturated rings. The number of pyridine rings is 1. The Balaban J connectivity index is 1.86. The molecule has 0 saturated heterocycles.